The van der Waals surface area contributed by atoms with Crippen LogP contribution in [0.1, 0.15) is 16.8 Å². The first-order valence-electron chi connectivity index (χ1n) is 5.44. The van der Waals surface area contributed by atoms with Gasteiger partial charge in [0.1, 0.15) is 0 Å². The SMILES string of the molecule is COCC(CCO)NC(=O)c1ccc(Cl)cc1Cl. The van der Waals surface area contributed by atoms with Crippen molar-refractivity contribution in [1.29, 1.82) is 0 Å². The summed E-state index contributed by atoms with van der Waals surface area (Å²) in [5.41, 5.74) is 0.347. The van der Waals surface area contributed by atoms with E-state index in [1.54, 1.807) is 12.1 Å². The zero-order valence-electron chi connectivity index (χ0n) is 9.95. The lowest BCUT2D eigenvalue weighted by Gasteiger charge is -2.17. The molecule has 1 aromatic carbocycles. The van der Waals surface area contributed by atoms with E-state index >= 15 is 0 Å². The molecule has 0 saturated carbocycles. The number of carbonyl (C=O) groups is 1. The summed E-state index contributed by atoms with van der Waals surface area (Å²) in [7, 11) is 1.53. The van der Waals surface area contributed by atoms with E-state index in [0.29, 0.717) is 28.6 Å². The summed E-state index contributed by atoms with van der Waals surface area (Å²) in [4.78, 5) is 12.0. The van der Waals surface area contributed by atoms with Crippen LogP contribution in [0.25, 0.3) is 0 Å². The van der Waals surface area contributed by atoms with Crippen LogP contribution in [0.3, 0.4) is 0 Å². The highest BCUT2D eigenvalue weighted by atomic mass is 35.5. The van der Waals surface area contributed by atoms with E-state index in [9.17, 15) is 4.79 Å². The van der Waals surface area contributed by atoms with Gasteiger partial charge in [0.2, 0.25) is 0 Å². The van der Waals surface area contributed by atoms with Crippen molar-refractivity contribution >= 4 is 29.1 Å². The molecule has 18 heavy (non-hydrogen) atoms. The number of ether oxygens (including phenoxy) is 1. The van der Waals surface area contributed by atoms with Gasteiger partial charge in [-0.25, -0.2) is 0 Å². The summed E-state index contributed by atoms with van der Waals surface area (Å²) >= 11 is 11.7. The molecular weight excluding hydrogens is 277 g/mol. The Morgan fingerprint density at radius 3 is 2.78 bits per heavy atom. The molecular formula is C12H15Cl2NO3. The Kier molecular flexibility index (Phi) is 6.43. The number of nitrogens with one attached hydrogen (secondary N) is 1. The van der Waals surface area contributed by atoms with Crippen molar-refractivity contribution in [2.45, 2.75) is 12.5 Å². The molecule has 2 N–H and O–H groups in total. The monoisotopic (exact) mass is 291 g/mol. The van der Waals surface area contributed by atoms with Gasteiger partial charge in [-0.15, -0.1) is 0 Å². The molecule has 1 unspecified atom stereocenters. The number of aliphatic hydroxyl groups excluding tert-OH is 1. The summed E-state index contributed by atoms with van der Waals surface area (Å²) in [6.07, 6.45) is 0.421. The Balaban J connectivity index is 2.73. The first kappa shape index (κ1) is 15.2. The van der Waals surface area contributed by atoms with Crippen LogP contribution in [0, 0.1) is 0 Å². The van der Waals surface area contributed by atoms with Gasteiger partial charge in [-0.3, -0.25) is 4.79 Å². The molecule has 0 bridgehead atoms. The number of aliphatic hydroxyl groups is 1. The van der Waals surface area contributed by atoms with E-state index in [2.05, 4.69) is 5.32 Å². The van der Waals surface area contributed by atoms with Gasteiger partial charge in [-0.2, -0.15) is 0 Å². The maximum Gasteiger partial charge on any atom is 0.253 e. The Labute approximate surface area is 116 Å². The lowest BCUT2D eigenvalue weighted by Crippen LogP contribution is -2.38. The Morgan fingerprint density at radius 1 is 1.50 bits per heavy atom. The van der Waals surface area contributed by atoms with Crippen LogP contribution in [0.4, 0.5) is 0 Å². The Morgan fingerprint density at radius 2 is 2.22 bits per heavy atom. The fourth-order valence-corrected chi connectivity index (χ4v) is 1.99. The molecule has 1 amide bonds. The first-order valence-corrected chi connectivity index (χ1v) is 6.19. The van der Waals surface area contributed by atoms with Crippen molar-refractivity contribution in [3.8, 4) is 0 Å². The van der Waals surface area contributed by atoms with Crippen LogP contribution in [0.15, 0.2) is 18.2 Å². The van der Waals surface area contributed by atoms with E-state index in [1.165, 1.54) is 13.2 Å². The smallest absolute Gasteiger partial charge is 0.253 e. The number of rotatable bonds is 6. The summed E-state index contributed by atoms with van der Waals surface area (Å²) < 4.78 is 4.96. The third-order valence-electron chi connectivity index (χ3n) is 2.36. The van der Waals surface area contributed by atoms with Gasteiger partial charge >= 0.3 is 0 Å². The van der Waals surface area contributed by atoms with Crippen molar-refractivity contribution < 1.29 is 14.6 Å². The summed E-state index contributed by atoms with van der Waals surface area (Å²) in [5.74, 6) is -0.313. The maximum atomic E-state index is 12.0. The minimum Gasteiger partial charge on any atom is -0.396 e. The van der Waals surface area contributed by atoms with Gasteiger partial charge in [0.15, 0.2) is 0 Å². The van der Waals surface area contributed by atoms with Crippen molar-refractivity contribution in [2.24, 2.45) is 0 Å². The van der Waals surface area contributed by atoms with Gasteiger partial charge in [-0.1, -0.05) is 23.2 Å². The molecule has 1 atom stereocenters. The quantitative estimate of drug-likeness (QED) is 0.844. The molecule has 0 spiro atoms. The normalized spacial score (nSPS) is 12.2. The number of benzene rings is 1. The molecule has 0 saturated heterocycles. The predicted octanol–water partition coefficient (Wildman–Crippen LogP) is 2.12. The Hall–Kier alpha value is -0.810. The molecule has 100 valence electrons. The van der Waals surface area contributed by atoms with Crippen molar-refractivity contribution in [3.05, 3.63) is 33.8 Å². The topological polar surface area (TPSA) is 58.6 Å². The lowest BCUT2D eigenvalue weighted by molar-refractivity contribution is 0.0879. The number of methoxy groups -OCH3 is 1. The Bertz CT molecular complexity index is 406. The van der Waals surface area contributed by atoms with Gasteiger partial charge in [0, 0.05) is 18.7 Å². The second-order valence-electron chi connectivity index (χ2n) is 3.76. The highest BCUT2D eigenvalue weighted by molar-refractivity contribution is 6.36. The highest BCUT2D eigenvalue weighted by Crippen LogP contribution is 2.20. The molecule has 0 radical (unpaired) electrons. The van der Waals surface area contributed by atoms with Crippen LogP contribution in [-0.2, 0) is 4.74 Å². The fourth-order valence-electron chi connectivity index (χ4n) is 1.49. The average Bonchev–Trinajstić information content (AvgIpc) is 2.29. The van der Waals surface area contributed by atoms with Crippen LogP contribution < -0.4 is 5.32 Å². The lowest BCUT2D eigenvalue weighted by atomic mass is 10.1. The van der Waals surface area contributed by atoms with Gasteiger partial charge < -0.3 is 15.2 Å². The average molecular weight is 292 g/mol. The molecule has 0 aliphatic carbocycles. The van der Waals surface area contributed by atoms with Crippen LogP contribution >= 0.6 is 23.2 Å². The molecule has 1 aromatic rings. The third-order valence-corrected chi connectivity index (χ3v) is 2.90. The minimum atomic E-state index is -0.313. The van der Waals surface area contributed by atoms with Crippen LogP contribution in [-0.4, -0.2) is 37.4 Å². The molecule has 1 rings (SSSR count). The number of hydrogen-bond acceptors (Lipinski definition) is 3. The number of halogens is 2. The van der Waals surface area contributed by atoms with E-state index in [-0.39, 0.29) is 18.6 Å². The predicted molar refractivity (Wildman–Crippen MR) is 71.3 cm³/mol. The van der Waals surface area contributed by atoms with Crippen LogP contribution in [0.2, 0.25) is 10.0 Å². The zero-order chi connectivity index (χ0) is 13.5. The fraction of sp³-hybridized carbons (Fsp3) is 0.417. The van der Waals surface area contributed by atoms with Gasteiger partial charge in [-0.05, 0) is 24.6 Å². The van der Waals surface area contributed by atoms with Crippen molar-refractivity contribution in [2.75, 3.05) is 20.3 Å². The van der Waals surface area contributed by atoms with Crippen molar-refractivity contribution in [1.82, 2.24) is 5.32 Å². The van der Waals surface area contributed by atoms with Crippen LogP contribution in [0.5, 0.6) is 0 Å². The molecule has 6 heteroatoms. The first-order chi connectivity index (χ1) is 8.58. The summed E-state index contributed by atoms with van der Waals surface area (Å²) in [6.45, 7) is 0.306. The van der Waals surface area contributed by atoms with E-state index in [0.717, 1.165) is 0 Å². The molecule has 0 aliphatic rings. The van der Waals surface area contributed by atoms with E-state index < -0.39 is 0 Å². The molecule has 0 heterocycles. The number of amides is 1. The third kappa shape index (κ3) is 4.46. The maximum absolute atomic E-state index is 12.0. The summed E-state index contributed by atoms with van der Waals surface area (Å²) in [5, 5.41) is 12.4. The van der Waals surface area contributed by atoms with Gasteiger partial charge in [0.05, 0.1) is 23.2 Å². The zero-order valence-corrected chi connectivity index (χ0v) is 11.5. The summed E-state index contributed by atoms with van der Waals surface area (Å²) in [6, 6.07) is 4.41. The highest BCUT2D eigenvalue weighted by Gasteiger charge is 2.15. The molecule has 0 aromatic heterocycles. The standard InChI is InChI=1S/C12H15Cl2NO3/c1-18-7-9(4-5-16)15-12(17)10-3-2-8(13)6-11(10)14/h2-3,6,9,16H,4-5,7H2,1H3,(H,15,17). The van der Waals surface area contributed by atoms with Crippen molar-refractivity contribution in [3.63, 3.8) is 0 Å². The minimum absolute atomic E-state index is 0.0251. The number of carbonyl (C=O) groups excluding carboxylic acids is 1. The molecule has 4 nitrogen and oxygen atoms in total. The number of hydrogen-bond donors (Lipinski definition) is 2. The largest absolute Gasteiger partial charge is 0.396 e. The molecule has 0 fully saturated rings. The van der Waals surface area contributed by atoms with E-state index in [4.69, 9.17) is 33.0 Å². The second kappa shape index (κ2) is 7.59. The van der Waals surface area contributed by atoms with E-state index in [1.807, 2.05) is 0 Å². The second-order valence-corrected chi connectivity index (χ2v) is 4.61. The molecule has 0 aliphatic heterocycles. The van der Waals surface area contributed by atoms with Gasteiger partial charge in [0.25, 0.3) is 5.91 Å².